The fourth-order valence-electron chi connectivity index (χ4n) is 5.18. The molecule has 8 nitrogen and oxygen atoms in total. The quantitative estimate of drug-likeness (QED) is 0.524. The van der Waals surface area contributed by atoms with E-state index in [-0.39, 0.29) is 12.3 Å². The molecule has 5 rings (SSSR count). The molecule has 188 valence electrons. The Morgan fingerprint density at radius 1 is 1.14 bits per heavy atom. The number of amides is 1. The highest BCUT2D eigenvalue weighted by Gasteiger charge is 2.21. The molecule has 1 saturated heterocycles. The Balaban J connectivity index is 1.49. The van der Waals surface area contributed by atoms with Crippen molar-refractivity contribution in [2.24, 2.45) is 10.9 Å². The second-order valence-corrected chi connectivity index (χ2v) is 10.3. The Kier molecular flexibility index (Phi) is 6.87. The number of fused-ring (bicyclic) bond motifs is 1. The van der Waals surface area contributed by atoms with Crippen molar-refractivity contribution >= 4 is 28.7 Å². The number of aryl methyl sites for hydroxylation is 1. The normalized spacial score (nSPS) is 16.0. The first-order valence-electron chi connectivity index (χ1n) is 12.8. The number of anilines is 2. The third kappa shape index (κ3) is 5.18. The Morgan fingerprint density at radius 2 is 1.94 bits per heavy atom. The van der Waals surface area contributed by atoms with Crippen LogP contribution < -0.4 is 10.2 Å². The van der Waals surface area contributed by atoms with Crippen LogP contribution in [0.3, 0.4) is 0 Å². The average Bonchev–Trinajstić information content (AvgIpc) is 3.49. The molecule has 3 heterocycles. The Labute approximate surface area is 213 Å². The lowest BCUT2D eigenvalue weighted by atomic mass is 10.1. The van der Waals surface area contributed by atoms with Gasteiger partial charge in [-0.25, -0.2) is 9.67 Å². The molecule has 0 spiro atoms. The summed E-state index contributed by atoms with van der Waals surface area (Å²) in [7, 11) is 2.11. The molecular weight excluding hydrogens is 450 g/mol. The second kappa shape index (κ2) is 10.2. The number of likely N-dealkylation sites (tertiary alicyclic amines) is 1. The maximum absolute atomic E-state index is 12.8. The molecule has 8 heteroatoms. The lowest BCUT2D eigenvalue weighted by molar-refractivity contribution is -0.115. The van der Waals surface area contributed by atoms with E-state index >= 15 is 0 Å². The predicted molar refractivity (Wildman–Crippen MR) is 145 cm³/mol. The molecule has 1 N–H and O–H groups in total. The van der Waals surface area contributed by atoms with Crippen molar-refractivity contribution in [2.45, 2.75) is 46.6 Å². The minimum Gasteiger partial charge on any atom is -0.374 e. The maximum Gasteiger partial charge on any atom is 0.230 e. The van der Waals surface area contributed by atoms with Crippen LogP contribution in [0.2, 0.25) is 0 Å². The summed E-state index contributed by atoms with van der Waals surface area (Å²) in [5.41, 5.74) is 6.38. The van der Waals surface area contributed by atoms with E-state index < -0.39 is 0 Å². The topological polar surface area (TPSA) is 78.7 Å². The highest BCUT2D eigenvalue weighted by atomic mass is 16.1. The Hall–Kier alpha value is -3.52. The van der Waals surface area contributed by atoms with E-state index in [1.807, 2.05) is 28.9 Å². The van der Waals surface area contributed by atoms with E-state index in [1.165, 1.54) is 12.8 Å². The highest BCUT2D eigenvalue weighted by molar-refractivity contribution is 6.17. The van der Waals surface area contributed by atoms with Crippen LogP contribution in [0, 0.1) is 12.8 Å². The summed E-state index contributed by atoms with van der Waals surface area (Å²) in [5, 5.41) is 7.56. The van der Waals surface area contributed by atoms with Crippen LogP contribution in [0.25, 0.3) is 5.69 Å². The summed E-state index contributed by atoms with van der Waals surface area (Å²) < 4.78 is 1.90. The van der Waals surface area contributed by atoms with Gasteiger partial charge >= 0.3 is 0 Å². The zero-order valence-corrected chi connectivity index (χ0v) is 21.7. The minimum absolute atomic E-state index is 0.0592. The third-order valence-corrected chi connectivity index (χ3v) is 6.83. The van der Waals surface area contributed by atoms with Gasteiger partial charge in [0.2, 0.25) is 5.91 Å². The van der Waals surface area contributed by atoms with Gasteiger partial charge in [0.1, 0.15) is 12.2 Å². The van der Waals surface area contributed by atoms with Gasteiger partial charge < -0.3 is 10.2 Å². The van der Waals surface area contributed by atoms with E-state index in [9.17, 15) is 4.79 Å². The van der Waals surface area contributed by atoms with Gasteiger partial charge in [0.15, 0.2) is 0 Å². The first-order valence-corrected chi connectivity index (χ1v) is 12.8. The van der Waals surface area contributed by atoms with E-state index in [0.29, 0.717) is 5.92 Å². The van der Waals surface area contributed by atoms with Crippen LogP contribution in [0.1, 0.15) is 50.1 Å². The number of carbonyl (C=O) groups is 1. The van der Waals surface area contributed by atoms with Crippen LogP contribution in [0.15, 0.2) is 47.7 Å². The average molecular weight is 486 g/mol. The number of rotatable bonds is 7. The van der Waals surface area contributed by atoms with Crippen molar-refractivity contribution in [1.82, 2.24) is 19.7 Å². The van der Waals surface area contributed by atoms with Crippen molar-refractivity contribution in [3.8, 4) is 5.69 Å². The van der Waals surface area contributed by atoms with Crippen molar-refractivity contribution in [3.63, 3.8) is 0 Å². The van der Waals surface area contributed by atoms with Gasteiger partial charge in [0, 0.05) is 19.3 Å². The van der Waals surface area contributed by atoms with Gasteiger partial charge in [0.25, 0.3) is 0 Å². The maximum atomic E-state index is 12.8. The van der Waals surface area contributed by atoms with Crippen molar-refractivity contribution < 1.29 is 4.79 Å². The number of carbonyl (C=O) groups excluding carboxylic acids is 1. The molecule has 1 fully saturated rings. The Morgan fingerprint density at radius 3 is 2.72 bits per heavy atom. The molecule has 2 aromatic carbocycles. The van der Waals surface area contributed by atoms with E-state index in [2.05, 4.69) is 65.2 Å². The zero-order chi connectivity index (χ0) is 25.2. The van der Waals surface area contributed by atoms with Crippen molar-refractivity contribution in [3.05, 3.63) is 59.7 Å². The van der Waals surface area contributed by atoms with Crippen LogP contribution >= 0.6 is 0 Å². The lowest BCUT2D eigenvalue weighted by Crippen LogP contribution is -2.23. The number of aromatic nitrogens is 3. The molecule has 1 amide bonds. The smallest absolute Gasteiger partial charge is 0.230 e. The molecule has 36 heavy (non-hydrogen) atoms. The number of nitrogens with zero attached hydrogens (tertiary/aromatic N) is 6. The summed E-state index contributed by atoms with van der Waals surface area (Å²) in [5.74, 6) is 1.41. The molecule has 2 aliphatic heterocycles. The zero-order valence-electron chi connectivity index (χ0n) is 21.7. The highest BCUT2D eigenvalue weighted by Crippen LogP contribution is 2.36. The molecule has 0 saturated carbocycles. The monoisotopic (exact) mass is 485 g/mol. The van der Waals surface area contributed by atoms with Crippen LogP contribution in [0.4, 0.5) is 17.1 Å². The number of aliphatic imine (C=N–C) groups is 1. The first kappa shape index (κ1) is 24.2. The molecule has 1 aromatic heterocycles. The summed E-state index contributed by atoms with van der Waals surface area (Å²) in [6, 6.07) is 12.2. The van der Waals surface area contributed by atoms with Gasteiger partial charge in [-0.2, -0.15) is 5.10 Å². The molecular formula is C28H35N7O. The van der Waals surface area contributed by atoms with Crippen molar-refractivity contribution in [2.75, 3.05) is 36.9 Å². The molecule has 0 atom stereocenters. The number of nitrogens with one attached hydrogen (secondary N) is 1. The second-order valence-electron chi connectivity index (χ2n) is 10.3. The van der Waals surface area contributed by atoms with Gasteiger partial charge in [-0.1, -0.05) is 26.0 Å². The van der Waals surface area contributed by atoms with Gasteiger partial charge in [-0.3, -0.25) is 14.7 Å². The minimum atomic E-state index is -0.0592. The molecule has 3 aromatic rings. The van der Waals surface area contributed by atoms with Crippen LogP contribution in [0.5, 0.6) is 0 Å². The fourth-order valence-corrected chi connectivity index (χ4v) is 5.18. The van der Waals surface area contributed by atoms with Crippen molar-refractivity contribution in [1.29, 1.82) is 0 Å². The molecule has 2 aliphatic rings. The summed E-state index contributed by atoms with van der Waals surface area (Å²) >= 11 is 0. The number of hydrogen-bond acceptors (Lipinski definition) is 6. The molecule has 0 unspecified atom stereocenters. The Bertz CT molecular complexity index is 1290. The first-order chi connectivity index (χ1) is 17.4. The van der Waals surface area contributed by atoms with Gasteiger partial charge in [0.05, 0.1) is 35.7 Å². The lowest BCUT2D eigenvalue weighted by Gasteiger charge is -2.24. The third-order valence-electron chi connectivity index (χ3n) is 6.83. The van der Waals surface area contributed by atoms with E-state index in [0.717, 1.165) is 71.6 Å². The van der Waals surface area contributed by atoms with Crippen LogP contribution in [-0.4, -0.2) is 58.0 Å². The molecule has 0 bridgehead atoms. The van der Waals surface area contributed by atoms with Gasteiger partial charge in [-0.15, -0.1) is 0 Å². The van der Waals surface area contributed by atoms with Gasteiger partial charge in [-0.05, 0) is 74.2 Å². The molecule has 0 radical (unpaired) electrons. The summed E-state index contributed by atoms with van der Waals surface area (Å²) in [6.07, 6.45) is 4.30. The SMILES string of the molecule is Cc1cc2c(cc1N(C)CC(C)C)N=C(c1cccc(-n3ncnc3CN3CCCC3)c1)CC(=O)N2. The fraction of sp³-hybridized carbons (Fsp3) is 0.429. The van der Waals surface area contributed by atoms with E-state index in [1.54, 1.807) is 6.33 Å². The number of hydrogen-bond donors (Lipinski definition) is 1. The summed E-state index contributed by atoms with van der Waals surface area (Å²) in [6.45, 7) is 10.4. The molecule has 0 aliphatic carbocycles. The number of benzene rings is 2. The van der Waals surface area contributed by atoms with E-state index in [4.69, 9.17) is 4.99 Å². The van der Waals surface area contributed by atoms with Crippen LogP contribution in [-0.2, 0) is 11.3 Å². The summed E-state index contributed by atoms with van der Waals surface area (Å²) in [4.78, 5) is 27.0. The standard InChI is InChI=1S/C28H35N7O/c1-19(2)16-33(4)26-14-25-24(12-20(26)3)32-28(36)15-23(31-25)21-8-7-9-22(13-21)35-27(29-18-30-35)17-34-10-5-6-11-34/h7-9,12-14,18-19H,5-6,10-11,15-17H2,1-4H3,(H,32,36). The predicted octanol–water partition coefficient (Wildman–Crippen LogP) is 4.73. The largest absolute Gasteiger partial charge is 0.374 e.